The van der Waals surface area contributed by atoms with Gasteiger partial charge in [0.05, 0.1) is 0 Å². The van der Waals surface area contributed by atoms with Crippen molar-refractivity contribution in [1.29, 1.82) is 0 Å². The number of carboxylic acid groups (broad SMARTS) is 1. The summed E-state index contributed by atoms with van der Waals surface area (Å²) < 4.78 is 16.1. The van der Waals surface area contributed by atoms with Crippen LogP contribution in [0.1, 0.15) is 83.1 Å². The van der Waals surface area contributed by atoms with Crippen LogP contribution in [0.5, 0.6) is 11.5 Å². The topological polar surface area (TPSA) is 312 Å². The van der Waals surface area contributed by atoms with Crippen molar-refractivity contribution in [2.24, 2.45) is 0 Å². The summed E-state index contributed by atoms with van der Waals surface area (Å²) in [4.78, 5) is 110. The Kier molecular flexibility index (Phi) is 21.4. The lowest BCUT2D eigenvalue weighted by molar-refractivity contribution is -0.134. The van der Waals surface area contributed by atoms with Crippen LogP contribution < -0.4 is 37.2 Å². The molecule has 0 aromatic heterocycles. The van der Waals surface area contributed by atoms with Crippen LogP contribution >= 0.6 is 0 Å². The van der Waals surface area contributed by atoms with E-state index in [-0.39, 0.29) is 87.6 Å². The van der Waals surface area contributed by atoms with Gasteiger partial charge in [-0.05, 0) is 118 Å². The Hall–Kier alpha value is -8.56. The Balaban J connectivity index is 1.48. The standard InChI is InChI=1S/C55H70N8O14/c1-54(2,3)76-51(71)57-24-13-18-40-47(67)61-42(30-38-28-36(19-21-44(38)64)37-20-22-45(65)39(29-37)31-43(49(69)59-40)62-52(72)77-55(4,5)6)48(68)60-41(23-25-58-50(70)75-33-35-16-11-8-12-17-35)46(66)56-26-27-63(53(73)74)32-34-14-9-7-10-15-34/h7-12,14-17,19-22,28-29,40-43,64-65H,13,18,23-27,30-33H2,1-6H3,(H,56,66)(H,57,71)(H,58,70)(H,59,69)(H,60,68)(H,61,67)(H,62,72)(H,73,74)/t40-,41-,42-,43-/m0/s1. The summed E-state index contributed by atoms with van der Waals surface area (Å²) in [6, 6.07) is 20.9. The van der Waals surface area contributed by atoms with Gasteiger partial charge in [0.2, 0.25) is 23.6 Å². The van der Waals surface area contributed by atoms with E-state index in [1.54, 1.807) is 120 Å². The van der Waals surface area contributed by atoms with Gasteiger partial charge in [-0.1, -0.05) is 72.8 Å². The van der Waals surface area contributed by atoms with Crippen LogP contribution in [-0.4, -0.2) is 130 Å². The first-order chi connectivity index (χ1) is 36.4. The second kappa shape index (κ2) is 27.8. The summed E-state index contributed by atoms with van der Waals surface area (Å²) in [5, 5.41) is 50.7. The number of phenols is 2. The smallest absolute Gasteiger partial charge is 0.408 e. The van der Waals surface area contributed by atoms with Gasteiger partial charge in [-0.3, -0.25) is 19.2 Å². The van der Waals surface area contributed by atoms with Gasteiger partial charge < -0.3 is 71.6 Å². The van der Waals surface area contributed by atoms with E-state index in [1.807, 2.05) is 6.07 Å². The van der Waals surface area contributed by atoms with E-state index in [0.717, 1.165) is 10.5 Å². The highest BCUT2D eigenvalue weighted by Crippen LogP contribution is 2.31. The number of aromatic hydroxyl groups is 2. The average Bonchev–Trinajstić information content (AvgIpc) is 3.36. The van der Waals surface area contributed by atoms with Crippen LogP contribution in [0.3, 0.4) is 0 Å². The first-order valence-electron chi connectivity index (χ1n) is 25.2. The van der Waals surface area contributed by atoms with Gasteiger partial charge >= 0.3 is 24.4 Å². The second-order valence-electron chi connectivity index (χ2n) is 20.3. The Labute approximate surface area is 447 Å². The lowest BCUT2D eigenvalue weighted by Gasteiger charge is -2.27. The van der Waals surface area contributed by atoms with Crippen molar-refractivity contribution >= 4 is 48.0 Å². The number of carbonyl (C=O) groups excluding carboxylic acids is 7. The zero-order chi connectivity index (χ0) is 56.3. The summed E-state index contributed by atoms with van der Waals surface area (Å²) >= 11 is 0. The Morgan fingerprint density at radius 2 is 1.25 bits per heavy atom. The van der Waals surface area contributed by atoms with Gasteiger partial charge in [0, 0.05) is 45.6 Å². The highest BCUT2D eigenvalue weighted by Gasteiger charge is 2.34. The van der Waals surface area contributed by atoms with Crippen molar-refractivity contribution in [1.82, 2.24) is 42.1 Å². The Morgan fingerprint density at radius 1 is 0.675 bits per heavy atom. The third kappa shape index (κ3) is 20.2. The van der Waals surface area contributed by atoms with Gasteiger partial charge in [-0.25, -0.2) is 19.2 Å². The summed E-state index contributed by atoms with van der Waals surface area (Å²) in [5.41, 5.74) is 1.00. The third-order valence-electron chi connectivity index (χ3n) is 11.7. The number of alkyl carbamates (subject to hydrolysis) is 3. The second-order valence-corrected chi connectivity index (χ2v) is 20.3. The molecule has 1 aliphatic heterocycles. The van der Waals surface area contributed by atoms with Crippen molar-refractivity contribution < 1.29 is 67.9 Å². The zero-order valence-electron chi connectivity index (χ0n) is 44.1. The fraction of sp³-hybridized carbons (Fsp3) is 0.418. The highest BCUT2D eigenvalue weighted by atomic mass is 16.6. The van der Waals surface area contributed by atoms with E-state index < -0.39 is 89.8 Å². The van der Waals surface area contributed by atoms with E-state index in [4.69, 9.17) is 14.2 Å². The molecular weight excluding hydrogens is 997 g/mol. The molecule has 0 saturated carbocycles. The molecule has 0 radical (unpaired) electrons. The van der Waals surface area contributed by atoms with Crippen molar-refractivity contribution in [2.75, 3.05) is 26.2 Å². The maximum Gasteiger partial charge on any atom is 0.408 e. The predicted molar refractivity (Wildman–Crippen MR) is 282 cm³/mol. The number of benzene rings is 4. The zero-order valence-corrected chi connectivity index (χ0v) is 44.1. The van der Waals surface area contributed by atoms with Gasteiger partial charge in [-0.15, -0.1) is 0 Å². The van der Waals surface area contributed by atoms with Crippen LogP contribution in [0, 0.1) is 0 Å². The third-order valence-corrected chi connectivity index (χ3v) is 11.7. The van der Waals surface area contributed by atoms with Crippen LogP contribution in [0.4, 0.5) is 19.2 Å². The molecule has 0 fully saturated rings. The summed E-state index contributed by atoms with van der Waals surface area (Å²) in [7, 11) is 0. The number of hydrogen-bond donors (Lipinski definition) is 10. The fourth-order valence-corrected chi connectivity index (χ4v) is 7.91. The first kappa shape index (κ1) is 59.3. The molecule has 0 aliphatic carbocycles. The van der Waals surface area contributed by atoms with Crippen LogP contribution in [0.25, 0.3) is 11.1 Å². The van der Waals surface area contributed by atoms with Crippen molar-refractivity contribution in [3.63, 3.8) is 0 Å². The molecule has 1 aliphatic rings. The molecule has 10 N–H and O–H groups in total. The molecule has 4 aromatic carbocycles. The number of nitrogens with one attached hydrogen (secondary N) is 7. The number of carbonyl (C=O) groups is 8. The molecule has 8 amide bonds. The number of ether oxygens (including phenoxy) is 3. The van der Waals surface area contributed by atoms with Crippen LogP contribution in [-0.2, 0) is 59.4 Å². The number of fused-ring (bicyclic) bond motifs is 5. The van der Waals surface area contributed by atoms with Gasteiger partial charge in [0.1, 0.15) is 53.5 Å². The molecule has 22 heteroatoms. The number of hydrogen-bond acceptors (Lipinski definition) is 13. The molecule has 22 nitrogen and oxygen atoms in total. The highest BCUT2D eigenvalue weighted by molar-refractivity contribution is 5.96. The van der Waals surface area contributed by atoms with Gasteiger partial charge in [0.25, 0.3) is 0 Å². The molecule has 0 spiro atoms. The molecule has 5 rings (SSSR count). The van der Waals surface area contributed by atoms with Gasteiger partial charge in [-0.2, -0.15) is 0 Å². The molecule has 77 heavy (non-hydrogen) atoms. The quantitative estimate of drug-likeness (QED) is 0.0457. The Bertz CT molecular complexity index is 2690. The van der Waals surface area contributed by atoms with Crippen molar-refractivity contribution in [3.05, 3.63) is 119 Å². The molecule has 0 saturated heterocycles. The minimum atomic E-state index is -1.59. The van der Waals surface area contributed by atoms with Crippen molar-refractivity contribution in [3.8, 4) is 22.6 Å². The lowest BCUT2D eigenvalue weighted by Crippen LogP contribution is -2.59. The molecule has 4 aromatic rings. The molecule has 4 bridgehead atoms. The number of amides is 8. The van der Waals surface area contributed by atoms with Gasteiger partial charge in [0.15, 0.2) is 0 Å². The van der Waals surface area contributed by atoms with Crippen LogP contribution in [0.2, 0.25) is 0 Å². The van der Waals surface area contributed by atoms with Crippen molar-refractivity contribution in [2.45, 2.75) is 122 Å². The number of nitrogens with zero attached hydrogens (tertiary/aromatic N) is 1. The number of rotatable bonds is 18. The molecule has 414 valence electrons. The van der Waals surface area contributed by atoms with Crippen LogP contribution in [0.15, 0.2) is 97.1 Å². The molecule has 0 unspecified atom stereocenters. The maximum absolute atomic E-state index is 14.8. The van der Waals surface area contributed by atoms with E-state index in [1.165, 1.54) is 12.1 Å². The maximum atomic E-state index is 14.8. The lowest BCUT2D eigenvalue weighted by atomic mass is 9.95. The van der Waals surface area contributed by atoms with E-state index in [0.29, 0.717) is 16.7 Å². The SMILES string of the molecule is CC(C)(C)OC(=O)NCCC[C@@H]1NC(=O)[C@@H](NC(=O)OC(C)(C)C)Cc2cc(ccc2O)-c2ccc(O)c(c2)C[C@@H](C(=O)N[C@@H](CCNC(=O)OCc2ccccc2)C(=O)NCCN(Cc2ccccc2)C(=O)O)NC1=O. The number of phenolic OH excluding ortho intramolecular Hbond substituents is 2. The predicted octanol–water partition coefficient (Wildman–Crippen LogP) is 5.13. The van der Waals surface area contributed by atoms with E-state index >= 15 is 0 Å². The summed E-state index contributed by atoms with van der Waals surface area (Å²) in [6.07, 6.45) is -4.78. The molecule has 4 atom stereocenters. The fourth-order valence-electron chi connectivity index (χ4n) is 7.91. The largest absolute Gasteiger partial charge is 0.508 e. The first-order valence-corrected chi connectivity index (χ1v) is 25.2. The normalized spacial score (nSPS) is 16.1. The molecular formula is C55H70N8O14. The minimum Gasteiger partial charge on any atom is -0.508 e. The Morgan fingerprint density at radius 3 is 1.84 bits per heavy atom. The summed E-state index contributed by atoms with van der Waals surface area (Å²) in [5.74, 6) is -4.00. The monoisotopic (exact) mass is 1070 g/mol. The molecule has 1 heterocycles. The summed E-state index contributed by atoms with van der Waals surface area (Å²) in [6.45, 7) is 9.32. The van der Waals surface area contributed by atoms with E-state index in [2.05, 4.69) is 37.2 Å². The van der Waals surface area contributed by atoms with E-state index in [9.17, 15) is 53.7 Å². The average molecular weight is 1070 g/mol. The minimum absolute atomic E-state index is 0.0210.